The van der Waals surface area contributed by atoms with E-state index in [2.05, 4.69) is 37.2 Å². The fourth-order valence-electron chi connectivity index (χ4n) is 2.64. The molecule has 1 N–H and O–H groups in total. The Kier molecular flexibility index (Phi) is 2.41. The summed E-state index contributed by atoms with van der Waals surface area (Å²) in [6.07, 6.45) is 1.87. The fraction of sp³-hybridized carbons (Fsp3) is 0.545. The van der Waals surface area contributed by atoms with E-state index in [0.717, 1.165) is 35.2 Å². The van der Waals surface area contributed by atoms with E-state index in [1.807, 2.05) is 12.3 Å². The third-order valence-electron chi connectivity index (χ3n) is 3.43. The molecule has 0 spiro atoms. The molecule has 0 aliphatic carbocycles. The zero-order valence-electron chi connectivity index (χ0n) is 8.49. The van der Waals surface area contributed by atoms with Crippen LogP contribution in [0.4, 0.5) is 5.82 Å². The fourth-order valence-corrected chi connectivity index (χ4v) is 3.14. The Labute approximate surface area is 98.0 Å². The van der Waals surface area contributed by atoms with Crippen molar-refractivity contribution in [3.05, 3.63) is 22.8 Å². The second-order valence-corrected chi connectivity index (χ2v) is 5.25. The standard InChI is InChI=1S/C11H14BrN3/c12-10-2-1-3-14-11(10)15-6-8-4-13-5-9(8)7-15/h1-3,8-9,13H,4-7H2/t8-,9+. The molecular formula is C11H14BrN3. The highest BCUT2D eigenvalue weighted by molar-refractivity contribution is 9.10. The molecule has 15 heavy (non-hydrogen) atoms. The molecule has 1 aromatic rings. The summed E-state index contributed by atoms with van der Waals surface area (Å²) in [6.45, 7) is 4.64. The largest absolute Gasteiger partial charge is 0.355 e. The highest BCUT2D eigenvalue weighted by Crippen LogP contribution is 2.32. The van der Waals surface area contributed by atoms with Gasteiger partial charge in [0.15, 0.2) is 0 Å². The molecule has 2 aliphatic heterocycles. The zero-order valence-corrected chi connectivity index (χ0v) is 10.1. The van der Waals surface area contributed by atoms with Gasteiger partial charge in [0.25, 0.3) is 0 Å². The van der Waals surface area contributed by atoms with E-state index in [1.54, 1.807) is 0 Å². The molecule has 1 aromatic heterocycles. The number of nitrogens with one attached hydrogen (secondary N) is 1. The first-order chi connectivity index (χ1) is 7.34. The van der Waals surface area contributed by atoms with Gasteiger partial charge in [-0.2, -0.15) is 0 Å². The van der Waals surface area contributed by atoms with Crippen LogP contribution in [0.2, 0.25) is 0 Å². The number of fused-ring (bicyclic) bond motifs is 1. The molecule has 3 heterocycles. The minimum absolute atomic E-state index is 0.818. The quantitative estimate of drug-likeness (QED) is 0.836. The van der Waals surface area contributed by atoms with Gasteiger partial charge in [-0.3, -0.25) is 0 Å². The third-order valence-corrected chi connectivity index (χ3v) is 4.05. The van der Waals surface area contributed by atoms with Gasteiger partial charge in [-0.05, 0) is 39.9 Å². The number of hydrogen-bond donors (Lipinski definition) is 1. The Balaban J connectivity index is 1.82. The van der Waals surface area contributed by atoms with Crippen LogP contribution in [0, 0.1) is 11.8 Å². The van der Waals surface area contributed by atoms with Gasteiger partial charge in [0, 0.05) is 32.4 Å². The highest BCUT2D eigenvalue weighted by Gasteiger charge is 2.36. The van der Waals surface area contributed by atoms with Crippen LogP contribution in [-0.4, -0.2) is 31.2 Å². The zero-order chi connectivity index (χ0) is 10.3. The second kappa shape index (κ2) is 3.76. The van der Waals surface area contributed by atoms with Crippen molar-refractivity contribution >= 4 is 21.7 Å². The topological polar surface area (TPSA) is 28.2 Å². The Bertz CT molecular complexity index is 357. The predicted molar refractivity (Wildman–Crippen MR) is 64.0 cm³/mol. The van der Waals surface area contributed by atoms with Gasteiger partial charge < -0.3 is 10.2 Å². The van der Waals surface area contributed by atoms with E-state index in [9.17, 15) is 0 Å². The van der Waals surface area contributed by atoms with Crippen LogP contribution in [-0.2, 0) is 0 Å². The summed E-state index contributed by atoms with van der Waals surface area (Å²) >= 11 is 3.57. The second-order valence-electron chi connectivity index (χ2n) is 4.39. The molecule has 0 amide bonds. The number of aromatic nitrogens is 1. The number of rotatable bonds is 1. The van der Waals surface area contributed by atoms with Gasteiger partial charge >= 0.3 is 0 Å². The highest BCUT2D eigenvalue weighted by atomic mass is 79.9. The van der Waals surface area contributed by atoms with Crippen molar-refractivity contribution in [3.8, 4) is 0 Å². The van der Waals surface area contributed by atoms with Crippen LogP contribution in [0.3, 0.4) is 0 Å². The molecule has 3 nitrogen and oxygen atoms in total. The monoisotopic (exact) mass is 267 g/mol. The molecule has 0 radical (unpaired) electrons. The minimum atomic E-state index is 0.818. The normalized spacial score (nSPS) is 29.5. The van der Waals surface area contributed by atoms with Crippen molar-refractivity contribution in [2.45, 2.75) is 0 Å². The van der Waals surface area contributed by atoms with Crippen molar-refractivity contribution in [2.24, 2.45) is 11.8 Å². The number of nitrogens with zero attached hydrogens (tertiary/aromatic N) is 2. The number of hydrogen-bond acceptors (Lipinski definition) is 3. The average molecular weight is 268 g/mol. The Hall–Kier alpha value is -0.610. The molecule has 0 unspecified atom stereocenters. The smallest absolute Gasteiger partial charge is 0.142 e. The molecule has 2 saturated heterocycles. The van der Waals surface area contributed by atoms with Gasteiger partial charge in [-0.15, -0.1) is 0 Å². The van der Waals surface area contributed by atoms with Crippen LogP contribution in [0.25, 0.3) is 0 Å². The lowest BCUT2D eigenvalue weighted by atomic mass is 10.0. The molecule has 4 heteroatoms. The minimum Gasteiger partial charge on any atom is -0.355 e. The molecule has 2 fully saturated rings. The van der Waals surface area contributed by atoms with Crippen molar-refractivity contribution < 1.29 is 0 Å². The van der Waals surface area contributed by atoms with Crippen LogP contribution in [0.1, 0.15) is 0 Å². The molecule has 0 bridgehead atoms. The third kappa shape index (κ3) is 1.66. The molecular weight excluding hydrogens is 254 g/mol. The van der Waals surface area contributed by atoms with Crippen molar-refractivity contribution in [1.82, 2.24) is 10.3 Å². The maximum Gasteiger partial charge on any atom is 0.142 e. The van der Waals surface area contributed by atoms with Crippen LogP contribution >= 0.6 is 15.9 Å². The Morgan fingerprint density at radius 2 is 2.07 bits per heavy atom. The van der Waals surface area contributed by atoms with Gasteiger partial charge in [0.2, 0.25) is 0 Å². The molecule has 80 valence electrons. The van der Waals surface area contributed by atoms with E-state index in [1.165, 1.54) is 13.1 Å². The maximum atomic E-state index is 4.45. The summed E-state index contributed by atoms with van der Waals surface area (Å²) in [5.74, 6) is 2.74. The molecule has 2 aliphatic rings. The van der Waals surface area contributed by atoms with Gasteiger partial charge in [0.1, 0.15) is 5.82 Å². The summed E-state index contributed by atoms with van der Waals surface area (Å²) in [7, 11) is 0. The maximum absolute atomic E-state index is 4.45. The SMILES string of the molecule is Brc1cccnc1N1C[C@H]2CNC[C@H]2C1. The molecule has 2 atom stereocenters. The van der Waals surface area contributed by atoms with E-state index < -0.39 is 0 Å². The lowest BCUT2D eigenvalue weighted by Crippen LogP contribution is -2.26. The lowest BCUT2D eigenvalue weighted by molar-refractivity contribution is 0.533. The van der Waals surface area contributed by atoms with E-state index >= 15 is 0 Å². The van der Waals surface area contributed by atoms with Crippen LogP contribution in [0.5, 0.6) is 0 Å². The predicted octanol–water partition coefficient (Wildman–Crippen LogP) is 1.50. The summed E-state index contributed by atoms with van der Waals surface area (Å²) in [5.41, 5.74) is 0. The number of pyridine rings is 1. The first-order valence-electron chi connectivity index (χ1n) is 5.41. The Morgan fingerprint density at radius 3 is 2.73 bits per heavy atom. The van der Waals surface area contributed by atoms with Crippen molar-refractivity contribution in [2.75, 3.05) is 31.1 Å². The van der Waals surface area contributed by atoms with Crippen LogP contribution in [0.15, 0.2) is 22.8 Å². The number of halogens is 1. The molecule has 3 rings (SSSR count). The first-order valence-corrected chi connectivity index (χ1v) is 6.20. The first kappa shape index (κ1) is 9.60. The number of anilines is 1. The van der Waals surface area contributed by atoms with E-state index in [-0.39, 0.29) is 0 Å². The summed E-state index contributed by atoms with van der Waals surface area (Å²) < 4.78 is 1.11. The van der Waals surface area contributed by atoms with Gasteiger partial charge in [-0.1, -0.05) is 0 Å². The van der Waals surface area contributed by atoms with Crippen molar-refractivity contribution in [3.63, 3.8) is 0 Å². The summed E-state index contributed by atoms with van der Waals surface area (Å²) in [6, 6.07) is 4.03. The summed E-state index contributed by atoms with van der Waals surface area (Å²) in [4.78, 5) is 6.85. The van der Waals surface area contributed by atoms with Gasteiger partial charge in [0.05, 0.1) is 4.47 Å². The van der Waals surface area contributed by atoms with E-state index in [0.29, 0.717) is 0 Å². The van der Waals surface area contributed by atoms with E-state index in [4.69, 9.17) is 0 Å². The van der Waals surface area contributed by atoms with Crippen molar-refractivity contribution in [1.29, 1.82) is 0 Å². The molecule has 0 saturated carbocycles. The van der Waals surface area contributed by atoms with Gasteiger partial charge in [-0.25, -0.2) is 4.98 Å². The Morgan fingerprint density at radius 1 is 1.33 bits per heavy atom. The van der Waals surface area contributed by atoms with Crippen LogP contribution < -0.4 is 10.2 Å². The lowest BCUT2D eigenvalue weighted by Gasteiger charge is -2.19. The molecule has 0 aromatic carbocycles. The average Bonchev–Trinajstić information content (AvgIpc) is 2.77. The summed E-state index contributed by atoms with van der Waals surface area (Å²) in [5, 5.41) is 3.45.